The van der Waals surface area contributed by atoms with E-state index >= 15 is 0 Å². The summed E-state index contributed by atoms with van der Waals surface area (Å²) in [5.74, 6) is 0. The van der Waals surface area contributed by atoms with Crippen LogP contribution >= 0.6 is 46.4 Å². The summed E-state index contributed by atoms with van der Waals surface area (Å²) in [5.41, 5.74) is 2.92. The summed E-state index contributed by atoms with van der Waals surface area (Å²) in [6, 6.07) is 12.3. The van der Waals surface area contributed by atoms with Gasteiger partial charge in [0.05, 0.1) is 20.1 Å². The minimum Gasteiger partial charge on any atom is -0.325 e. The third-order valence-electron chi connectivity index (χ3n) is 3.72. The molecule has 3 rings (SSSR count). The molecule has 2 aromatic carbocycles. The minimum atomic E-state index is -0.251. The van der Waals surface area contributed by atoms with E-state index in [9.17, 15) is 4.79 Å². The molecule has 0 atom stereocenters. The molecule has 1 heterocycles. The Morgan fingerprint density at radius 3 is 1.79 bits per heavy atom. The lowest BCUT2D eigenvalue weighted by Crippen LogP contribution is -2.11. The van der Waals surface area contributed by atoms with Gasteiger partial charge >= 0.3 is 0 Å². The molecular formula is C18H11Cl4NO. The number of benzene rings is 2. The zero-order valence-corrected chi connectivity index (χ0v) is 15.5. The van der Waals surface area contributed by atoms with Crippen molar-refractivity contribution < 1.29 is 0 Å². The molecule has 0 aliphatic heterocycles. The van der Waals surface area contributed by atoms with Crippen LogP contribution in [-0.2, 0) is 0 Å². The number of hydrogen-bond acceptors (Lipinski definition) is 1. The van der Waals surface area contributed by atoms with Crippen molar-refractivity contribution in [2.45, 2.75) is 6.92 Å². The van der Waals surface area contributed by atoms with Gasteiger partial charge < -0.3 is 4.98 Å². The zero-order chi connectivity index (χ0) is 17.4. The molecule has 0 radical (unpaired) electrons. The van der Waals surface area contributed by atoms with Crippen molar-refractivity contribution in [2.24, 2.45) is 0 Å². The molecule has 122 valence electrons. The van der Waals surface area contributed by atoms with Gasteiger partial charge in [-0.1, -0.05) is 70.7 Å². The summed E-state index contributed by atoms with van der Waals surface area (Å²) in [6.07, 6.45) is 0. The van der Waals surface area contributed by atoms with Crippen LogP contribution in [0.15, 0.2) is 47.3 Å². The molecule has 0 unspecified atom stereocenters. The Hall–Kier alpha value is -1.45. The van der Waals surface area contributed by atoms with E-state index in [0.29, 0.717) is 36.9 Å². The lowest BCUT2D eigenvalue weighted by Gasteiger charge is -2.12. The largest absolute Gasteiger partial charge is 0.325 e. The molecule has 2 nitrogen and oxygen atoms in total. The molecule has 6 heteroatoms. The van der Waals surface area contributed by atoms with Gasteiger partial charge in [0.1, 0.15) is 0 Å². The third kappa shape index (κ3) is 3.07. The lowest BCUT2D eigenvalue weighted by atomic mass is 9.99. The van der Waals surface area contributed by atoms with Gasteiger partial charge in [0.25, 0.3) is 5.56 Å². The molecule has 0 amide bonds. The maximum absolute atomic E-state index is 12.4. The monoisotopic (exact) mass is 397 g/mol. The van der Waals surface area contributed by atoms with Crippen LogP contribution in [0.5, 0.6) is 0 Å². The fraction of sp³-hybridized carbons (Fsp3) is 0.0556. The number of nitrogens with one attached hydrogen (secondary N) is 1. The second-order valence-electron chi connectivity index (χ2n) is 5.25. The molecule has 3 aromatic rings. The van der Waals surface area contributed by atoms with Gasteiger partial charge in [-0.25, -0.2) is 0 Å². The first-order valence-electron chi connectivity index (χ1n) is 7.03. The summed E-state index contributed by atoms with van der Waals surface area (Å²) in [5, 5.41) is 1.59. The Labute approximate surface area is 159 Å². The first-order valence-corrected chi connectivity index (χ1v) is 8.54. The van der Waals surface area contributed by atoms with Crippen LogP contribution in [0.2, 0.25) is 20.1 Å². The SMILES string of the molecule is Cc1[nH]c(=O)c(-c2cccc(Cl)c2Cl)cc1-c1cccc(Cl)c1Cl. The molecule has 0 bridgehead atoms. The fourth-order valence-corrected chi connectivity index (χ4v) is 3.33. The van der Waals surface area contributed by atoms with Crippen molar-refractivity contribution in [3.05, 3.63) is 78.6 Å². The van der Waals surface area contributed by atoms with Crippen LogP contribution in [0.1, 0.15) is 5.69 Å². The van der Waals surface area contributed by atoms with Crippen molar-refractivity contribution in [1.82, 2.24) is 4.98 Å². The van der Waals surface area contributed by atoms with Crippen LogP contribution in [0.4, 0.5) is 0 Å². The van der Waals surface area contributed by atoms with Gasteiger partial charge in [-0.2, -0.15) is 0 Å². The van der Waals surface area contributed by atoms with E-state index in [2.05, 4.69) is 4.98 Å². The van der Waals surface area contributed by atoms with Gasteiger partial charge in [-0.15, -0.1) is 0 Å². The summed E-state index contributed by atoms with van der Waals surface area (Å²) in [7, 11) is 0. The Balaban J connectivity index is 2.30. The normalized spacial score (nSPS) is 10.9. The zero-order valence-electron chi connectivity index (χ0n) is 12.5. The Bertz CT molecular complexity index is 995. The average molecular weight is 399 g/mol. The van der Waals surface area contributed by atoms with E-state index in [1.165, 1.54) is 0 Å². The van der Waals surface area contributed by atoms with Crippen LogP contribution < -0.4 is 5.56 Å². The van der Waals surface area contributed by atoms with Crippen LogP contribution in [0.3, 0.4) is 0 Å². The van der Waals surface area contributed by atoms with E-state index in [1.807, 2.05) is 6.07 Å². The standard InChI is InChI=1S/C18H11Cl4NO/c1-9-12(10-4-2-6-14(19)16(10)21)8-13(18(24)23-9)11-5-3-7-15(20)17(11)22/h2-8H,1H3,(H,23,24). The molecule has 24 heavy (non-hydrogen) atoms. The molecule has 0 spiro atoms. The smallest absolute Gasteiger partial charge is 0.256 e. The highest BCUT2D eigenvalue weighted by Gasteiger charge is 2.16. The third-order valence-corrected chi connectivity index (χ3v) is 5.36. The number of pyridine rings is 1. The van der Waals surface area contributed by atoms with E-state index in [0.717, 1.165) is 11.1 Å². The summed E-state index contributed by atoms with van der Waals surface area (Å²) < 4.78 is 0. The Kier molecular flexibility index (Phi) is 4.93. The minimum absolute atomic E-state index is 0.251. The molecule has 1 N–H and O–H groups in total. The van der Waals surface area contributed by atoms with Gasteiger partial charge in [-0.05, 0) is 25.1 Å². The molecular weight excluding hydrogens is 388 g/mol. The number of rotatable bonds is 2. The van der Waals surface area contributed by atoms with Gasteiger partial charge in [0, 0.05) is 27.9 Å². The van der Waals surface area contributed by atoms with E-state index < -0.39 is 0 Å². The number of halogens is 4. The number of aromatic nitrogens is 1. The number of H-pyrrole nitrogens is 1. The predicted molar refractivity (Wildman–Crippen MR) is 103 cm³/mol. The van der Waals surface area contributed by atoms with Gasteiger partial charge in [0.2, 0.25) is 0 Å². The van der Waals surface area contributed by atoms with E-state index in [1.54, 1.807) is 43.3 Å². The maximum atomic E-state index is 12.4. The lowest BCUT2D eigenvalue weighted by molar-refractivity contribution is 1.15. The van der Waals surface area contributed by atoms with E-state index in [-0.39, 0.29) is 5.56 Å². The second-order valence-corrected chi connectivity index (χ2v) is 6.82. The van der Waals surface area contributed by atoms with Crippen molar-refractivity contribution in [3.63, 3.8) is 0 Å². The summed E-state index contributed by atoms with van der Waals surface area (Å²) in [6.45, 7) is 1.80. The first kappa shape index (κ1) is 17.4. The topological polar surface area (TPSA) is 32.9 Å². The second kappa shape index (κ2) is 6.81. The highest BCUT2D eigenvalue weighted by molar-refractivity contribution is 6.44. The summed E-state index contributed by atoms with van der Waals surface area (Å²) >= 11 is 24.8. The Morgan fingerprint density at radius 2 is 1.25 bits per heavy atom. The first-order chi connectivity index (χ1) is 11.4. The van der Waals surface area contributed by atoms with Crippen molar-refractivity contribution in [1.29, 1.82) is 0 Å². The molecule has 0 aliphatic carbocycles. The number of hydrogen-bond donors (Lipinski definition) is 1. The molecule has 0 saturated heterocycles. The highest BCUT2D eigenvalue weighted by atomic mass is 35.5. The maximum Gasteiger partial charge on any atom is 0.256 e. The fourth-order valence-electron chi connectivity index (χ4n) is 2.53. The number of aromatic amines is 1. The van der Waals surface area contributed by atoms with Crippen LogP contribution in [0, 0.1) is 6.92 Å². The molecule has 0 fully saturated rings. The van der Waals surface area contributed by atoms with Crippen LogP contribution in [0.25, 0.3) is 22.3 Å². The highest BCUT2D eigenvalue weighted by Crippen LogP contribution is 2.37. The Morgan fingerprint density at radius 1 is 0.750 bits per heavy atom. The molecule has 0 saturated carbocycles. The molecule has 0 aliphatic rings. The van der Waals surface area contributed by atoms with E-state index in [4.69, 9.17) is 46.4 Å². The van der Waals surface area contributed by atoms with Crippen molar-refractivity contribution in [3.8, 4) is 22.3 Å². The predicted octanol–water partition coefficient (Wildman–Crippen LogP) is 6.63. The average Bonchev–Trinajstić information content (AvgIpc) is 2.54. The van der Waals surface area contributed by atoms with Gasteiger partial charge in [0.15, 0.2) is 0 Å². The van der Waals surface area contributed by atoms with Crippen LogP contribution in [-0.4, -0.2) is 4.98 Å². The number of aryl methyl sites for hydroxylation is 1. The molecule has 1 aromatic heterocycles. The van der Waals surface area contributed by atoms with Crippen molar-refractivity contribution in [2.75, 3.05) is 0 Å². The quantitative estimate of drug-likeness (QED) is 0.516. The van der Waals surface area contributed by atoms with Crippen molar-refractivity contribution >= 4 is 46.4 Å². The van der Waals surface area contributed by atoms with Gasteiger partial charge in [-0.3, -0.25) is 4.79 Å². The summed E-state index contributed by atoms with van der Waals surface area (Å²) in [4.78, 5) is 15.3.